The van der Waals surface area contributed by atoms with Gasteiger partial charge in [-0.3, -0.25) is 4.79 Å². The van der Waals surface area contributed by atoms with Gasteiger partial charge < -0.3 is 39.3 Å². The second-order valence-corrected chi connectivity index (χ2v) is 9.72. The van der Waals surface area contributed by atoms with Gasteiger partial charge in [-0.2, -0.15) is 0 Å². The smallest absolute Gasteiger partial charge is 0.480 e. The summed E-state index contributed by atoms with van der Waals surface area (Å²) < 4.78 is 31.0. The number of hydrogen-bond acceptors (Lipinski definition) is 11. The summed E-state index contributed by atoms with van der Waals surface area (Å²) in [5.41, 5.74) is 6.34. The van der Waals surface area contributed by atoms with Crippen LogP contribution in [0.2, 0.25) is 0 Å². The van der Waals surface area contributed by atoms with Crippen molar-refractivity contribution in [1.29, 1.82) is 0 Å². The van der Waals surface area contributed by atoms with Gasteiger partial charge in [-0.25, -0.2) is 14.4 Å². The second kappa shape index (κ2) is 16.4. The third kappa shape index (κ3) is 11.8. The first-order chi connectivity index (χ1) is 18.3. The van der Waals surface area contributed by atoms with Crippen molar-refractivity contribution in [2.45, 2.75) is 85.5 Å². The van der Waals surface area contributed by atoms with E-state index >= 15 is 0 Å². The fraction of sp³-hybridized carbons (Fsp3) is 0.630. The highest BCUT2D eigenvalue weighted by Gasteiger charge is 2.33. The van der Waals surface area contributed by atoms with Crippen molar-refractivity contribution in [3.63, 3.8) is 0 Å². The van der Waals surface area contributed by atoms with Gasteiger partial charge in [0.05, 0.1) is 13.2 Å². The molecule has 5 atom stereocenters. The standard InChI is InChI=1S/C27H41NO11/c1-8-17(6)36-26(32)38-20-11-10-19(12-21(20)39-27(33)37-18(7)9-2)22(23(28)24(29)30)16(5)14-35-25(31)34-13-15(3)4/h10-12,15-18,22-23H,8-9,13-14,28H2,1-7H3,(H,29,30)/t16?,17?,18?,22?,23-/m0/s1. The Hall–Kier alpha value is -3.54. The van der Waals surface area contributed by atoms with E-state index < -0.39 is 54.5 Å². The molecule has 0 aliphatic carbocycles. The molecule has 1 aromatic carbocycles. The van der Waals surface area contributed by atoms with Crippen molar-refractivity contribution < 1.29 is 52.7 Å². The molecule has 1 rings (SSSR count). The number of hydrogen-bond donors (Lipinski definition) is 2. The second-order valence-electron chi connectivity index (χ2n) is 9.72. The molecule has 0 bridgehead atoms. The molecule has 0 heterocycles. The van der Waals surface area contributed by atoms with E-state index in [0.29, 0.717) is 18.4 Å². The number of carbonyl (C=O) groups is 4. The molecule has 3 N–H and O–H groups in total. The lowest BCUT2D eigenvalue weighted by molar-refractivity contribution is -0.139. The van der Waals surface area contributed by atoms with E-state index in [9.17, 15) is 24.3 Å². The predicted octanol–water partition coefficient (Wildman–Crippen LogP) is 5.26. The number of ether oxygens (including phenoxy) is 6. The van der Waals surface area contributed by atoms with Crippen LogP contribution in [0.3, 0.4) is 0 Å². The molecule has 12 heteroatoms. The molecule has 0 fully saturated rings. The number of benzene rings is 1. The highest BCUT2D eigenvalue weighted by atomic mass is 16.8. The Bertz CT molecular complexity index is 965. The molecule has 220 valence electrons. The van der Waals surface area contributed by atoms with Gasteiger partial charge in [0.1, 0.15) is 18.2 Å². The molecule has 0 saturated heterocycles. The van der Waals surface area contributed by atoms with Crippen LogP contribution in [-0.2, 0) is 23.7 Å². The molecule has 1 aromatic rings. The van der Waals surface area contributed by atoms with Crippen LogP contribution in [0.15, 0.2) is 18.2 Å². The van der Waals surface area contributed by atoms with Crippen LogP contribution in [0, 0.1) is 11.8 Å². The highest BCUT2D eigenvalue weighted by Crippen LogP contribution is 2.36. The summed E-state index contributed by atoms with van der Waals surface area (Å²) in [5, 5.41) is 9.66. The number of rotatable bonds is 14. The largest absolute Gasteiger partial charge is 0.514 e. The first-order valence-corrected chi connectivity index (χ1v) is 13.0. The Morgan fingerprint density at radius 2 is 1.31 bits per heavy atom. The average molecular weight is 556 g/mol. The third-order valence-corrected chi connectivity index (χ3v) is 5.77. The zero-order chi connectivity index (χ0) is 29.7. The summed E-state index contributed by atoms with van der Waals surface area (Å²) in [6.07, 6.45) is -2.73. The zero-order valence-electron chi connectivity index (χ0n) is 23.6. The van der Waals surface area contributed by atoms with Crippen molar-refractivity contribution in [3.05, 3.63) is 23.8 Å². The first kappa shape index (κ1) is 33.5. The van der Waals surface area contributed by atoms with Crippen molar-refractivity contribution in [3.8, 4) is 11.5 Å². The van der Waals surface area contributed by atoms with Crippen LogP contribution < -0.4 is 15.2 Å². The maximum atomic E-state index is 12.4. The lowest BCUT2D eigenvalue weighted by atomic mass is 9.82. The fourth-order valence-corrected chi connectivity index (χ4v) is 3.24. The van der Waals surface area contributed by atoms with Crippen molar-refractivity contribution in [2.24, 2.45) is 17.6 Å². The average Bonchev–Trinajstić information content (AvgIpc) is 2.87. The normalized spacial score (nSPS) is 14.8. The minimum Gasteiger partial charge on any atom is -0.480 e. The number of carboxylic acid groups (broad SMARTS) is 1. The van der Waals surface area contributed by atoms with Gasteiger partial charge in [-0.05, 0) is 56.2 Å². The summed E-state index contributed by atoms with van der Waals surface area (Å²) >= 11 is 0. The quantitative estimate of drug-likeness (QED) is 0.174. The van der Waals surface area contributed by atoms with E-state index in [4.69, 9.17) is 34.2 Å². The summed E-state index contributed by atoms with van der Waals surface area (Å²) in [4.78, 5) is 48.4. The van der Waals surface area contributed by atoms with E-state index in [2.05, 4.69) is 0 Å². The van der Waals surface area contributed by atoms with Crippen molar-refractivity contribution in [2.75, 3.05) is 13.2 Å². The molecule has 0 amide bonds. The molecule has 12 nitrogen and oxygen atoms in total. The molecule has 0 radical (unpaired) electrons. The van der Waals surface area contributed by atoms with Crippen molar-refractivity contribution >= 4 is 24.4 Å². The Labute approximate surface area is 229 Å². The summed E-state index contributed by atoms with van der Waals surface area (Å²) in [6, 6.07) is 2.70. The van der Waals surface area contributed by atoms with E-state index in [1.165, 1.54) is 18.2 Å². The van der Waals surface area contributed by atoms with Crippen LogP contribution in [0.4, 0.5) is 14.4 Å². The van der Waals surface area contributed by atoms with E-state index in [0.717, 1.165) is 0 Å². The molecule has 4 unspecified atom stereocenters. The number of aliphatic carboxylic acids is 1. The van der Waals surface area contributed by atoms with Crippen molar-refractivity contribution in [1.82, 2.24) is 0 Å². The lowest BCUT2D eigenvalue weighted by Crippen LogP contribution is -2.40. The molecule has 0 aliphatic rings. The van der Waals surface area contributed by atoms with E-state index in [1.807, 2.05) is 27.7 Å². The maximum absolute atomic E-state index is 12.4. The maximum Gasteiger partial charge on any atom is 0.514 e. The SMILES string of the molecule is CCC(C)OC(=O)Oc1ccc(C(C(C)COC(=O)OCC(C)C)[C@H](N)C(=O)O)cc1OC(=O)OC(C)CC. The van der Waals surface area contributed by atoms with Gasteiger partial charge in [-0.1, -0.05) is 40.7 Å². The number of carboxylic acids is 1. The molecule has 0 aromatic heterocycles. The molecule has 0 saturated carbocycles. The molecule has 0 aliphatic heterocycles. The summed E-state index contributed by atoms with van der Waals surface area (Å²) in [5.74, 6) is -3.08. The zero-order valence-corrected chi connectivity index (χ0v) is 23.6. The molecule has 0 spiro atoms. The predicted molar refractivity (Wildman–Crippen MR) is 140 cm³/mol. The lowest BCUT2D eigenvalue weighted by Gasteiger charge is -2.28. The van der Waals surface area contributed by atoms with Crippen LogP contribution >= 0.6 is 0 Å². The Balaban J connectivity index is 3.32. The molecular formula is C27H41NO11. The minimum absolute atomic E-state index is 0.108. The van der Waals surface area contributed by atoms with Gasteiger partial charge in [0.2, 0.25) is 0 Å². The number of carbonyl (C=O) groups excluding carboxylic acids is 3. The summed E-state index contributed by atoms with van der Waals surface area (Å²) in [7, 11) is 0. The Kier molecular flexibility index (Phi) is 14.1. The van der Waals surface area contributed by atoms with Crippen LogP contribution in [-0.4, -0.2) is 61.0 Å². The number of nitrogens with two attached hydrogens (primary N) is 1. The summed E-state index contributed by atoms with van der Waals surface area (Å²) in [6.45, 7) is 12.4. The van der Waals surface area contributed by atoms with Gasteiger partial charge in [0, 0.05) is 5.92 Å². The first-order valence-electron chi connectivity index (χ1n) is 13.0. The highest BCUT2D eigenvalue weighted by molar-refractivity contribution is 5.75. The van der Waals surface area contributed by atoms with E-state index in [1.54, 1.807) is 20.8 Å². The monoisotopic (exact) mass is 555 g/mol. The van der Waals surface area contributed by atoms with Gasteiger partial charge in [0.25, 0.3) is 0 Å². The molecule has 39 heavy (non-hydrogen) atoms. The van der Waals surface area contributed by atoms with Crippen LogP contribution in [0.1, 0.15) is 72.8 Å². The van der Waals surface area contributed by atoms with E-state index in [-0.39, 0.29) is 30.6 Å². The Morgan fingerprint density at radius 3 is 1.79 bits per heavy atom. The third-order valence-electron chi connectivity index (χ3n) is 5.77. The molecular weight excluding hydrogens is 514 g/mol. The minimum atomic E-state index is -1.42. The fourth-order valence-electron chi connectivity index (χ4n) is 3.24. The van der Waals surface area contributed by atoms with Gasteiger partial charge in [0.15, 0.2) is 11.5 Å². The Morgan fingerprint density at radius 1 is 0.795 bits per heavy atom. The van der Waals surface area contributed by atoms with Gasteiger partial charge in [-0.15, -0.1) is 0 Å². The van der Waals surface area contributed by atoms with Crippen LogP contribution in [0.5, 0.6) is 11.5 Å². The van der Waals surface area contributed by atoms with Gasteiger partial charge >= 0.3 is 24.4 Å². The van der Waals surface area contributed by atoms with Crippen LogP contribution in [0.25, 0.3) is 0 Å². The topological polar surface area (TPSA) is 170 Å².